The molecule has 0 bridgehead atoms. The summed E-state index contributed by atoms with van der Waals surface area (Å²) < 4.78 is 5.16. The lowest BCUT2D eigenvalue weighted by atomic mass is 10.2. The molecule has 0 aliphatic heterocycles. The zero-order valence-electron chi connectivity index (χ0n) is 10.1. The van der Waals surface area contributed by atoms with Crippen molar-refractivity contribution in [3.8, 4) is 0 Å². The first-order valence-electron chi connectivity index (χ1n) is 5.49. The van der Waals surface area contributed by atoms with Gasteiger partial charge in [0.15, 0.2) is 0 Å². The molecule has 0 saturated heterocycles. The van der Waals surface area contributed by atoms with Gasteiger partial charge in [-0.2, -0.15) is 0 Å². The van der Waals surface area contributed by atoms with Gasteiger partial charge in [-0.05, 0) is 25.5 Å². The minimum absolute atomic E-state index is 0.323. The molecule has 0 aromatic carbocycles. The van der Waals surface area contributed by atoms with Crippen molar-refractivity contribution in [3.63, 3.8) is 0 Å². The van der Waals surface area contributed by atoms with Gasteiger partial charge in [-0.15, -0.1) is 11.6 Å². The third-order valence-corrected chi connectivity index (χ3v) is 2.85. The standard InChI is InChI=1S/C12H19ClN2O/c1-4-15(10(2)9-16-3)12-6-5-11(7-13)8-14-12/h5-6,8,10H,4,7,9H2,1-3H3. The number of hydrogen-bond donors (Lipinski definition) is 0. The van der Waals surface area contributed by atoms with E-state index in [1.807, 2.05) is 18.3 Å². The van der Waals surface area contributed by atoms with Gasteiger partial charge in [0.2, 0.25) is 0 Å². The Balaban J connectivity index is 2.78. The Morgan fingerprint density at radius 3 is 2.69 bits per heavy atom. The molecule has 0 spiro atoms. The van der Waals surface area contributed by atoms with E-state index in [9.17, 15) is 0 Å². The molecule has 4 heteroatoms. The lowest BCUT2D eigenvalue weighted by molar-refractivity contribution is 0.181. The molecule has 0 aliphatic carbocycles. The molecule has 1 aromatic heterocycles. The molecule has 1 atom stereocenters. The summed E-state index contributed by atoms with van der Waals surface area (Å²) in [6, 6.07) is 4.34. The second kappa shape index (κ2) is 6.71. The average molecular weight is 243 g/mol. The maximum atomic E-state index is 5.73. The molecule has 1 heterocycles. The zero-order chi connectivity index (χ0) is 12.0. The topological polar surface area (TPSA) is 25.4 Å². The number of methoxy groups -OCH3 is 1. The quantitative estimate of drug-likeness (QED) is 0.718. The Hall–Kier alpha value is -0.800. The van der Waals surface area contributed by atoms with Crippen LogP contribution < -0.4 is 4.90 Å². The van der Waals surface area contributed by atoms with Crippen molar-refractivity contribution >= 4 is 17.4 Å². The summed E-state index contributed by atoms with van der Waals surface area (Å²) in [5.41, 5.74) is 1.04. The number of ether oxygens (including phenoxy) is 1. The molecular formula is C12H19ClN2O. The molecule has 3 nitrogen and oxygen atoms in total. The molecule has 1 unspecified atom stereocenters. The highest BCUT2D eigenvalue weighted by Gasteiger charge is 2.13. The number of aromatic nitrogens is 1. The highest BCUT2D eigenvalue weighted by molar-refractivity contribution is 6.17. The highest BCUT2D eigenvalue weighted by Crippen LogP contribution is 2.15. The van der Waals surface area contributed by atoms with Crippen LogP contribution in [0.4, 0.5) is 5.82 Å². The first-order valence-corrected chi connectivity index (χ1v) is 6.02. The van der Waals surface area contributed by atoms with Gasteiger partial charge in [0.05, 0.1) is 12.6 Å². The number of anilines is 1. The molecule has 90 valence electrons. The largest absolute Gasteiger partial charge is 0.383 e. The minimum atomic E-state index is 0.323. The predicted octanol–water partition coefficient (Wildman–Crippen LogP) is 2.68. The number of alkyl halides is 1. The van der Waals surface area contributed by atoms with Gasteiger partial charge in [0.1, 0.15) is 5.82 Å². The number of likely N-dealkylation sites (N-methyl/N-ethyl adjacent to an activating group) is 1. The van der Waals surface area contributed by atoms with Crippen LogP contribution in [-0.4, -0.2) is 31.3 Å². The van der Waals surface area contributed by atoms with Crippen molar-refractivity contribution in [2.45, 2.75) is 25.8 Å². The first kappa shape index (κ1) is 13.3. The molecule has 0 fully saturated rings. The van der Waals surface area contributed by atoms with Gasteiger partial charge in [0, 0.05) is 25.7 Å². The van der Waals surface area contributed by atoms with Gasteiger partial charge < -0.3 is 9.64 Å². The van der Waals surface area contributed by atoms with Crippen molar-refractivity contribution in [1.82, 2.24) is 4.98 Å². The molecule has 0 amide bonds. The van der Waals surface area contributed by atoms with Gasteiger partial charge in [-0.25, -0.2) is 4.98 Å². The fraction of sp³-hybridized carbons (Fsp3) is 0.583. The maximum Gasteiger partial charge on any atom is 0.128 e. The Kier molecular flexibility index (Phi) is 5.56. The molecule has 0 aliphatic rings. The second-order valence-corrected chi connectivity index (χ2v) is 4.02. The maximum absolute atomic E-state index is 5.73. The molecular weight excluding hydrogens is 224 g/mol. The molecule has 0 N–H and O–H groups in total. The minimum Gasteiger partial charge on any atom is -0.383 e. The summed E-state index contributed by atoms with van der Waals surface area (Å²) in [6.07, 6.45) is 1.82. The third kappa shape index (κ3) is 3.35. The van der Waals surface area contributed by atoms with Crippen LogP contribution in [0.25, 0.3) is 0 Å². The van der Waals surface area contributed by atoms with Gasteiger partial charge in [0.25, 0.3) is 0 Å². The molecule has 0 radical (unpaired) electrons. The summed E-state index contributed by atoms with van der Waals surface area (Å²) in [6.45, 7) is 5.86. The van der Waals surface area contributed by atoms with E-state index in [2.05, 4.69) is 23.7 Å². The number of nitrogens with zero attached hydrogens (tertiary/aromatic N) is 2. The third-order valence-electron chi connectivity index (χ3n) is 2.54. The van der Waals surface area contributed by atoms with E-state index < -0.39 is 0 Å². The first-order chi connectivity index (χ1) is 7.72. The summed E-state index contributed by atoms with van der Waals surface area (Å²) in [4.78, 5) is 6.62. The molecule has 16 heavy (non-hydrogen) atoms. The number of hydrogen-bond acceptors (Lipinski definition) is 3. The Labute approximate surface area is 102 Å². The summed E-state index contributed by atoms with van der Waals surface area (Å²) >= 11 is 5.73. The number of pyridine rings is 1. The van der Waals surface area contributed by atoms with Crippen LogP contribution in [-0.2, 0) is 10.6 Å². The molecule has 1 aromatic rings. The summed E-state index contributed by atoms with van der Waals surface area (Å²) in [7, 11) is 1.72. The predicted molar refractivity (Wildman–Crippen MR) is 68.2 cm³/mol. The Bertz CT molecular complexity index is 302. The van der Waals surface area contributed by atoms with Crippen LogP contribution in [0.5, 0.6) is 0 Å². The fourth-order valence-corrected chi connectivity index (χ4v) is 1.85. The lowest BCUT2D eigenvalue weighted by Gasteiger charge is -2.28. The van der Waals surface area contributed by atoms with Gasteiger partial charge in [-0.3, -0.25) is 0 Å². The van der Waals surface area contributed by atoms with Crippen LogP contribution >= 0.6 is 11.6 Å². The number of halogens is 1. The van der Waals surface area contributed by atoms with Crippen molar-refractivity contribution in [1.29, 1.82) is 0 Å². The van der Waals surface area contributed by atoms with Crippen molar-refractivity contribution in [2.24, 2.45) is 0 Å². The van der Waals surface area contributed by atoms with Crippen LogP contribution in [0, 0.1) is 0 Å². The zero-order valence-corrected chi connectivity index (χ0v) is 10.9. The van der Waals surface area contributed by atoms with E-state index in [1.54, 1.807) is 7.11 Å². The van der Waals surface area contributed by atoms with Crippen LogP contribution in [0.15, 0.2) is 18.3 Å². The fourth-order valence-electron chi connectivity index (χ4n) is 1.70. The van der Waals surface area contributed by atoms with E-state index in [1.165, 1.54) is 0 Å². The summed E-state index contributed by atoms with van der Waals surface area (Å²) in [5, 5.41) is 0. The number of rotatable bonds is 6. The Morgan fingerprint density at radius 2 is 2.25 bits per heavy atom. The SMILES string of the molecule is CCN(c1ccc(CCl)cn1)C(C)COC. The van der Waals surface area contributed by atoms with Crippen LogP contribution in [0.1, 0.15) is 19.4 Å². The Morgan fingerprint density at radius 1 is 1.50 bits per heavy atom. The summed E-state index contributed by atoms with van der Waals surface area (Å²) in [5.74, 6) is 1.48. The van der Waals surface area contributed by atoms with Crippen LogP contribution in [0.3, 0.4) is 0 Å². The normalized spacial score (nSPS) is 12.5. The average Bonchev–Trinajstić information content (AvgIpc) is 2.31. The molecule has 1 rings (SSSR count). The molecule has 0 saturated carbocycles. The van der Waals surface area contributed by atoms with E-state index in [4.69, 9.17) is 16.3 Å². The second-order valence-electron chi connectivity index (χ2n) is 3.75. The van der Waals surface area contributed by atoms with Gasteiger partial charge >= 0.3 is 0 Å². The van der Waals surface area contributed by atoms with Crippen molar-refractivity contribution in [2.75, 3.05) is 25.2 Å². The highest BCUT2D eigenvalue weighted by atomic mass is 35.5. The van der Waals surface area contributed by atoms with Crippen molar-refractivity contribution < 1.29 is 4.74 Å². The smallest absolute Gasteiger partial charge is 0.128 e. The van der Waals surface area contributed by atoms with E-state index in [0.29, 0.717) is 18.5 Å². The van der Waals surface area contributed by atoms with Crippen molar-refractivity contribution in [3.05, 3.63) is 23.9 Å². The monoisotopic (exact) mass is 242 g/mol. The van der Waals surface area contributed by atoms with E-state index in [-0.39, 0.29) is 0 Å². The van der Waals surface area contributed by atoms with Gasteiger partial charge in [-0.1, -0.05) is 6.07 Å². The van der Waals surface area contributed by atoms with Crippen LogP contribution in [0.2, 0.25) is 0 Å². The van der Waals surface area contributed by atoms with E-state index >= 15 is 0 Å². The van der Waals surface area contributed by atoms with E-state index in [0.717, 1.165) is 17.9 Å². The lowest BCUT2D eigenvalue weighted by Crippen LogP contribution is -2.36.